The first-order chi connectivity index (χ1) is 16.8. The Labute approximate surface area is 213 Å². The van der Waals surface area contributed by atoms with Crippen molar-refractivity contribution < 1.29 is 4.74 Å². The number of nitrogens with one attached hydrogen (secondary N) is 3. The minimum atomic E-state index is 0.0375. The Bertz CT molecular complexity index is 1090. The van der Waals surface area contributed by atoms with Gasteiger partial charge < -0.3 is 15.4 Å². The second-order valence-corrected chi connectivity index (χ2v) is 10.8. The van der Waals surface area contributed by atoms with Gasteiger partial charge in [0.1, 0.15) is 18.2 Å². The zero-order valence-corrected chi connectivity index (χ0v) is 21.9. The summed E-state index contributed by atoms with van der Waals surface area (Å²) in [4.78, 5) is 12.7. The van der Waals surface area contributed by atoms with E-state index in [0.717, 1.165) is 46.6 Å². The van der Waals surface area contributed by atoms with E-state index in [1.807, 2.05) is 49.5 Å². The number of hydrogen-bond donors (Lipinski definition) is 3. The normalized spacial score (nSPS) is 14.2. The molecule has 4 rings (SSSR count). The molecule has 0 atom stereocenters. The topological polar surface area (TPSA) is 74.3 Å². The van der Waals surface area contributed by atoms with Crippen LogP contribution < -0.4 is 20.1 Å². The van der Waals surface area contributed by atoms with Gasteiger partial charge in [0.2, 0.25) is 5.95 Å². The summed E-state index contributed by atoms with van der Waals surface area (Å²) in [5, 5.41) is 6.73. The van der Waals surface area contributed by atoms with Crippen molar-refractivity contribution in [3.8, 4) is 5.75 Å². The van der Waals surface area contributed by atoms with Crippen LogP contribution in [-0.4, -0.2) is 46.6 Å². The molecule has 7 nitrogen and oxygen atoms in total. The van der Waals surface area contributed by atoms with Crippen LogP contribution in [0, 0.1) is 6.92 Å². The van der Waals surface area contributed by atoms with Gasteiger partial charge in [0, 0.05) is 40.1 Å². The lowest BCUT2D eigenvalue weighted by atomic mass is 10.1. The monoisotopic (exact) mass is 492 g/mol. The first-order valence-electron chi connectivity index (χ1n) is 12.2. The number of ether oxygens (including phenoxy) is 1. The minimum Gasteiger partial charge on any atom is -0.492 e. The lowest BCUT2D eigenvalue weighted by Crippen LogP contribution is -2.29. The van der Waals surface area contributed by atoms with Crippen molar-refractivity contribution in [2.24, 2.45) is 0 Å². The van der Waals surface area contributed by atoms with Gasteiger partial charge in [-0.3, -0.25) is 9.62 Å². The molecule has 0 aliphatic carbocycles. The third kappa shape index (κ3) is 8.13. The van der Waals surface area contributed by atoms with E-state index >= 15 is 0 Å². The quantitative estimate of drug-likeness (QED) is 0.291. The van der Waals surface area contributed by atoms with Gasteiger partial charge in [-0.1, -0.05) is 6.07 Å². The maximum absolute atomic E-state index is 5.90. The molecule has 0 bridgehead atoms. The highest BCUT2D eigenvalue weighted by Crippen LogP contribution is 2.26. The molecule has 0 spiro atoms. The minimum absolute atomic E-state index is 0.0375. The highest BCUT2D eigenvalue weighted by Gasteiger charge is 2.12. The zero-order chi connectivity index (χ0) is 24.7. The molecule has 0 saturated carbocycles. The van der Waals surface area contributed by atoms with Crippen molar-refractivity contribution in [2.45, 2.75) is 51.0 Å². The summed E-state index contributed by atoms with van der Waals surface area (Å²) in [6.45, 7) is 12.5. The number of rotatable bonds is 10. The van der Waals surface area contributed by atoms with Crippen LogP contribution in [0.4, 0.5) is 23.1 Å². The van der Waals surface area contributed by atoms with Crippen molar-refractivity contribution in [1.82, 2.24) is 19.6 Å². The fraction of sp³-hybridized carbons (Fsp3) is 0.407. The predicted molar refractivity (Wildman–Crippen MR) is 146 cm³/mol. The van der Waals surface area contributed by atoms with Gasteiger partial charge in [-0.05, 0) is 108 Å². The van der Waals surface area contributed by atoms with Crippen molar-refractivity contribution in [2.75, 3.05) is 36.9 Å². The summed E-state index contributed by atoms with van der Waals surface area (Å²) in [5.74, 6) is 2.19. The number of benzene rings is 2. The standard InChI is InChI=1S/C27H36N6OS/c1-20-19-28-26(30-21-10-12-23(13-11-21)34-17-16-33-14-5-6-15-33)31-25(20)29-22-8-7-9-24(18-22)35-32-27(2,3)4/h7-13,18-19,32H,5-6,14-17H2,1-4H3,(H2,28,29,30,31). The van der Waals surface area contributed by atoms with Gasteiger partial charge in [-0.2, -0.15) is 4.98 Å². The summed E-state index contributed by atoms with van der Waals surface area (Å²) in [7, 11) is 0. The van der Waals surface area contributed by atoms with Crippen LogP contribution in [0.5, 0.6) is 5.75 Å². The molecule has 0 unspecified atom stereocenters. The molecule has 0 radical (unpaired) electrons. The van der Waals surface area contributed by atoms with E-state index in [4.69, 9.17) is 9.72 Å². The molecule has 2 aromatic carbocycles. The van der Waals surface area contributed by atoms with Gasteiger partial charge >= 0.3 is 0 Å². The third-order valence-electron chi connectivity index (χ3n) is 5.53. The van der Waals surface area contributed by atoms with Crippen LogP contribution in [0.25, 0.3) is 0 Å². The van der Waals surface area contributed by atoms with E-state index in [0.29, 0.717) is 5.95 Å². The Kier molecular flexibility index (Phi) is 8.49. The Balaban J connectivity index is 1.34. The van der Waals surface area contributed by atoms with Crippen molar-refractivity contribution in [1.29, 1.82) is 0 Å². The number of nitrogens with zero attached hydrogens (tertiary/aromatic N) is 3. The van der Waals surface area contributed by atoms with E-state index < -0.39 is 0 Å². The molecular formula is C27H36N6OS. The molecule has 3 aromatic rings. The molecule has 35 heavy (non-hydrogen) atoms. The maximum atomic E-state index is 5.90. The number of aryl methyl sites for hydroxylation is 1. The van der Waals surface area contributed by atoms with Gasteiger partial charge in [-0.15, -0.1) is 0 Å². The third-order valence-corrected chi connectivity index (χ3v) is 6.73. The summed E-state index contributed by atoms with van der Waals surface area (Å²) < 4.78 is 9.35. The van der Waals surface area contributed by atoms with Crippen LogP contribution in [0.15, 0.2) is 59.6 Å². The van der Waals surface area contributed by atoms with Gasteiger partial charge in [-0.25, -0.2) is 4.98 Å². The van der Waals surface area contributed by atoms with Crippen molar-refractivity contribution >= 4 is 35.1 Å². The van der Waals surface area contributed by atoms with Crippen LogP contribution in [-0.2, 0) is 0 Å². The first-order valence-corrected chi connectivity index (χ1v) is 13.0. The number of hydrogen-bond acceptors (Lipinski definition) is 8. The predicted octanol–water partition coefficient (Wildman–Crippen LogP) is 6.14. The second kappa shape index (κ2) is 11.7. The molecular weight excluding hydrogens is 456 g/mol. The lowest BCUT2D eigenvalue weighted by Gasteiger charge is -2.19. The van der Waals surface area contributed by atoms with Crippen molar-refractivity contribution in [3.63, 3.8) is 0 Å². The summed E-state index contributed by atoms with van der Waals surface area (Å²) in [6, 6.07) is 16.2. The van der Waals surface area contributed by atoms with Gasteiger partial charge in [0.05, 0.1) is 0 Å². The Morgan fingerprint density at radius 1 is 1.00 bits per heavy atom. The molecule has 8 heteroatoms. The van der Waals surface area contributed by atoms with Gasteiger partial charge in [0.25, 0.3) is 0 Å². The summed E-state index contributed by atoms with van der Waals surface area (Å²) in [5.41, 5.74) is 2.91. The fourth-order valence-electron chi connectivity index (χ4n) is 3.68. The number of aromatic nitrogens is 2. The van der Waals surface area contributed by atoms with Crippen molar-refractivity contribution in [3.05, 3.63) is 60.3 Å². The van der Waals surface area contributed by atoms with E-state index in [2.05, 4.69) is 58.1 Å². The van der Waals surface area contributed by atoms with Crippen LogP contribution in [0.2, 0.25) is 0 Å². The molecule has 0 amide bonds. The number of anilines is 4. The Morgan fingerprint density at radius 2 is 1.77 bits per heavy atom. The molecule has 3 N–H and O–H groups in total. The van der Waals surface area contributed by atoms with Crippen LogP contribution >= 0.6 is 11.9 Å². The average Bonchev–Trinajstić information content (AvgIpc) is 3.35. The average molecular weight is 493 g/mol. The van der Waals surface area contributed by atoms with Gasteiger partial charge in [0.15, 0.2) is 0 Å². The highest BCUT2D eigenvalue weighted by atomic mass is 32.2. The van der Waals surface area contributed by atoms with Crippen LogP contribution in [0.1, 0.15) is 39.2 Å². The smallest absolute Gasteiger partial charge is 0.229 e. The van der Waals surface area contributed by atoms with E-state index in [-0.39, 0.29) is 5.54 Å². The fourth-order valence-corrected chi connectivity index (χ4v) is 4.43. The zero-order valence-electron chi connectivity index (χ0n) is 21.1. The highest BCUT2D eigenvalue weighted by molar-refractivity contribution is 7.97. The van der Waals surface area contributed by atoms with E-state index in [1.54, 1.807) is 11.9 Å². The molecule has 1 aliphatic heterocycles. The molecule has 2 heterocycles. The molecule has 1 aliphatic rings. The second-order valence-electron chi connectivity index (χ2n) is 9.88. The Hall–Kier alpha value is -2.81. The maximum Gasteiger partial charge on any atom is 0.229 e. The summed E-state index contributed by atoms with van der Waals surface area (Å²) >= 11 is 1.63. The van der Waals surface area contributed by atoms with Crippen LogP contribution in [0.3, 0.4) is 0 Å². The first kappa shape index (κ1) is 25.3. The molecule has 1 aromatic heterocycles. The van der Waals surface area contributed by atoms with E-state index in [9.17, 15) is 0 Å². The molecule has 1 saturated heterocycles. The Morgan fingerprint density at radius 3 is 2.51 bits per heavy atom. The number of likely N-dealkylation sites (tertiary alicyclic amines) is 1. The van der Waals surface area contributed by atoms with E-state index in [1.165, 1.54) is 25.9 Å². The molecule has 1 fully saturated rings. The largest absolute Gasteiger partial charge is 0.492 e. The SMILES string of the molecule is Cc1cnc(Nc2ccc(OCCN3CCCC3)cc2)nc1Nc1cccc(SNC(C)(C)C)c1. The molecule has 186 valence electrons. The lowest BCUT2D eigenvalue weighted by molar-refractivity contribution is 0.238. The summed E-state index contributed by atoms with van der Waals surface area (Å²) in [6.07, 6.45) is 4.44.